The highest BCUT2D eigenvalue weighted by atomic mass is 16.5. The second kappa shape index (κ2) is 7.87. The first-order valence-electron chi connectivity index (χ1n) is 13.1. The second-order valence-corrected chi connectivity index (χ2v) is 11.6. The molecule has 0 aromatic heterocycles. The van der Waals surface area contributed by atoms with Crippen molar-refractivity contribution in [1.82, 2.24) is 20.0 Å². The van der Waals surface area contributed by atoms with Crippen molar-refractivity contribution in [2.45, 2.75) is 80.4 Å². The maximum Gasteiger partial charge on any atom is 0.410 e. The Hall–Kier alpha value is -2.28. The lowest BCUT2D eigenvalue weighted by atomic mass is 9.63. The van der Waals surface area contributed by atoms with Crippen molar-refractivity contribution in [1.29, 1.82) is 0 Å². The fourth-order valence-electron chi connectivity index (χ4n) is 8.31. The van der Waals surface area contributed by atoms with Gasteiger partial charge in [0.25, 0.3) is 0 Å². The van der Waals surface area contributed by atoms with E-state index < -0.39 is 0 Å². The van der Waals surface area contributed by atoms with Gasteiger partial charge in [0.2, 0.25) is 0 Å². The molecule has 6 rings (SSSR count). The number of hydrogen-bond acceptors (Lipinski definition) is 4. The van der Waals surface area contributed by atoms with Gasteiger partial charge in [-0.3, -0.25) is 4.90 Å². The average molecular weight is 467 g/mol. The van der Waals surface area contributed by atoms with E-state index >= 15 is 0 Å². The Morgan fingerprint density at radius 2 is 1.85 bits per heavy atom. The van der Waals surface area contributed by atoms with Crippen LogP contribution in [-0.2, 0) is 10.2 Å². The lowest BCUT2D eigenvalue weighted by molar-refractivity contribution is 0.0994. The molecule has 5 atom stereocenters. The molecule has 34 heavy (non-hydrogen) atoms. The van der Waals surface area contributed by atoms with Gasteiger partial charge in [-0.05, 0) is 86.9 Å². The van der Waals surface area contributed by atoms with Crippen molar-refractivity contribution >= 4 is 12.1 Å². The monoisotopic (exact) mass is 466 g/mol. The number of hydrogen-bond donors (Lipinski definition) is 1. The minimum atomic E-state index is -0.123. The number of benzene rings is 1. The van der Waals surface area contributed by atoms with Crippen LogP contribution in [0.15, 0.2) is 24.3 Å². The van der Waals surface area contributed by atoms with Crippen LogP contribution >= 0.6 is 0 Å². The maximum atomic E-state index is 12.4. The highest BCUT2D eigenvalue weighted by Crippen LogP contribution is 2.65. The van der Waals surface area contributed by atoms with E-state index in [1.165, 1.54) is 43.9 Å². The molecule has 4 fully saturated rings. The highest BCUT2D eigenvalue weighted by Gasteiger charge is 2.75. The number of nitrogens with zero attached hydrogens (tertiary/aromatic N) is 3. The van der Waals surface area contributed by atoms with Crippen LogP contribution in [0.4, 0.5) is 9.59 Å². The van der Waals surface area contributed by atoms with Crippen molar-refractivity contribution in [2.24, 2.45) is 5.92 Å². The fraction of sp³-hybridized carbons (Fsp3) is 0.704. The third-order valence-corrected chi connectivity index (χ3v) is 10.1. The molecule has 2 heterocycles. The van der Waals surface area contributed by atoms with E-state index in [9.17, 15) is 9.59 Å². The van der Waals surface area contributed by atoms with Crippen molar-refractivity contribution in [3.8, 4) is 0 Å². The SMILES string of the molecule is COC(=O)N1C2CCC3CC(N4CCC5(CC[C@@H](NC(=O)N(C)C)c6ccccc65)CC4)CC321. The molecule has 0 bridgehead atoms. The van der Waals surface area contributed by atoms with Gasteiger partial charge < -0.3 is 19.9 Å². The van der Waals surface area contributed by atoms with Gasteiger partial charge in [0.15, 0.2) is 0 Å². The van der Waals surface area contributed by atoms with Gasteiger partial charge in [-0.2, -0.15) is 0 Å². The Labute approximate surface area is 202 Å². The zero-order valence-electron chi connectivity index (χ0n) is 20.8. The van der Waals surface area contributed by atoms with Gasteiger partial charge in [0.05, 0.1) is 24.7 Å². The van der Waals surface area contributed by atoms with Crippen molar-refractivity contribution in [3.05, 3.63) is 35.4 Å². The van der Waals surface area contributed by atoms with E-state index in [0.717, 1.165) is 38.8 Å². The molecule has 5 aliphatic rings. The molecule has 2 saturated heterocycles. The van der Waals surface area contributed by atoms with Gasteiger partial charge >= 0.3 is 12.1 Å². The van der Waals surface area contributed by atoms with Crippen LogP contribution in [0.3, 0.4) is 0 Å². The number of ether oxygens (including phenoxy) is 1. The van der Waals surface area contributed by atoms with Crippen LogP contribution in [0.25, 0.3) is 0 Å². The second-order valence-electron chi connectivity index (χ2n) is 11.6. The summed E-state index contributed by atoms with van der Waals surface area (Å²) in [5, 5.41) is 3.23. The van der Waals surface area contributed by atoms with E-state index in [4.69, 9.17) is 4.74 Å². The summed E-state index contributed by atoms with van der Waals surface area (Å²) in [7, 11) is 5.11. The van der Waals surface area contributed by atoms with Crippen LogP contribution in [0.1, 0.15) is 68.5 Å². The average Bonchev–Trinajstić information content (AvgIpc) is 3.11. The fourth-order valence-corrected chi connectivity index (χ4v) is 8.31. The summed E-state index contributed by atoms with van der Waals surface area (Å²) in [5.41, 5.74) is 3.08. The smallest absolute Gasteiger partial charge is 0.410 e. The molecule has 2 aliphatic heterocycles. The number of likely N-dealkylation sites (tertiary alicyclic amines) is 2. The Kier molecular flexibility index (Phi) is 5.14. The number of piperidine rings is 2. The quantitative estimate of drug-likeness (QED) is 0.672. The Morgan fingerprint density at radius 1 is 1.09 bits per heavy atom. The van der Waals surface area contributed by atoms with Gasteiger partial charge in [-0.15, -0.1) is 0 Å². The molecule has 1 aromatic rings. The van der Waals surface area contributed by atoms with Crippen LogP contribution in [0, 0.1) is 5.92 Å². The zero-order valence-corrected chi connectivity index (χ0v) is 20.8. The molecule has 7 nitrogen and oxygen atoms in total. The van der Waals surface area contributed by atoms with E-state index in [1.807, 2.05) is 0 Å². The third kappa shape index (κ3) is 3.11. The predicted octanol–water partition coefficient (Wildman–Crippen LogP) is 3.89. The van der Waals surface area contributed by atoms with E-state index in [1.54, 1.807) is 19.0 Å². The molecular weight excluding hydrogens is 428 g/mol. The first kappa shape index (κ1) is 22.2. The molecule has 0 radical (unpaired) electrons. The third-order valence-electron chi connectivity index (χ3n) is 10.1. The van der Waals surface area contributed by atoms with Gasteiger partial charge in [0, 0.05) is 20.1 Å². The Morgan fingerprint density at radius 3 is 2.59 bits per heavy atom. The summed E-state index contributed by atoms with van der Waals surface area (Å²) >= 11 is 0. The van der Waals surface area contributed by atoms with E-state index in [2.05, 4.69) is 39.4 Å². The minimum Gasteiger partial charge on any atom is -0.453 e. The predicted molar refractivity (Wildman–Crippen MR) is 130 cm³/mol. The molecule has 7 heteroatoms. The number of carbonyl (C=O) groups excluding carboxylic acids is 2. The van der Waals surface area contributed by atoms with Crippen molar-refractivity contribution in [2.75, 3.05) is 34.3 Å². The molecule has 184 valence electrons. The summed E-state index contributed by atoms with van der Waals surface area (Å²) in [6, 6.07) is 9.88. The van der Waals surface area contributed by atoms with Crippen molar-refractivity contribution < 1.29 is 14.3 Å². The molecular formula is C27H38N4O3. The van der Waals surface area contributed by atoms with Gasteiger partial charge in [-0.25, -0.2) is 9.59 Å². The highest BCUT2D eigenvalue weighted by molar-refractivity contribution is 5.75. The Balaban J connectivity index is 1.15. The van der Waals surface area contributed by atoms with Crippen LogP contribution in [0.2, 0.25) is 0 Å². The van der Waals surface area contributed by atoms with Gasteiger partial charge in [-0.1, -0.05) is 24.3 Å². The number of fused-ring (bicyclic) bond motifs is 2. The zero-order chi connectivity index (χ0) is 23.7. The van der Waals surface area contributed by atoms with Crippen molar-refractivity contribution in [3.63, 3.8) is 0 Å². The molecule has 1 N–H and O–H groups in total. The Bertz CT molecular complexity index is 988. The standard InChI is InChI=1S/C27H38N4O3/c1-29(2)24(32)28-22-10-11-26(21-7-5-4-6-20(21)22)12-14-30(15-13-26)19-16-18-8-9-23-27(18,17-19)31(23)25(33)34-3/h4-7,18-19,22-23H,8-17H2,1-3H3,(H,28,32)/t18?,19?,22-,23?,27?,31?/m1/s1. The number of rotatable bonds is 2. The summed E-state index contributed by atoms with van der Waals surface area (Å²) < 4.78 is 5.09. The van der Waals surface area contributed by atoms with E-state index in [-0.39, 0.29) is 29.1 Å². The summed E-state index contributed by atoms with van der Waals surface area (Å²) in [4.78, 5) is 31.1. The lowest BCUT2D eigenvalue weighted by Crippen LogP contribution is -2.49. The molecule has 3 aliphatic carbocycles. The normalized spacial score (nSPS) is 35.3. The maximum absolute atomic E-state index is 12.4. The first-order chi connectivity index (χ1) is 16.4. The topological polar surface area (TPSA) is 64.9 Å². The summed E-state index contributed by atoms with van der Waals surface area (Å²) in [6.07, 6.45) is 9.13. The lowest BCUT2D eigenvalue weighted by Gasteiger charge is -2.48. The first-order valence-corrected chi connectivity index (χ1v) is 13.1. The molecule has 4 unspecified atom stereocenters. The minimum absolute atomic E-state index is 0.0175. The molecule has 3 amide bonds. The molecule has 2 saturated carbocycles. The van der Waals surface area contributed by atoms with E-state index in [0.29, 0.717) is 18.0 Å². The number of nitrogens with one attached hydrogen (secondary N) is 1. The largest absolute Gasteiger partial charge is 0.453 e. The number of methoxy groups -OCH3 is 1. The summed E-state index contributed by atoms with van der Waals surface area (Å²) in [5.74, 6) is 0.647. The van der Waals surface area contributed by atoms with Crippen LogP contribution < -0.4 is 5.32 Å². The number of amides is 3. The number of carbonyl (C=O) groups is 2. The number of urea groups is 1. The molecule has 2 spiro atoms. The van der Waals surface area contributed by atoms with Crippen LogP contribution in [-0.4, -0.2) is 78.7 Å². The summed E-state index contributed by atoms with van der Waals surface area (Å²) in [6.45, 7) is 2.25. The van der Waals surface area contributed by atoms with Gasteiger partial charge in [0.1, 0.15) is 0 Å². The van der Waals surface area contributed by atoms with Crippen LogP contribution in [0.5, 0.6) is 0 Å². The molecule has 1 aromatic carbocycles.